The Balaban J connectivity index is 2.56. The van der Waals surface area contributed by atoms with Crippen molar-refractivity contribution >= 4 is 11.9 Å². The predicted octanol–water partition coefficient (Wildman–Crippen LogP) is 19.4. The number of esters is 1. The van der Waals surface area contributed by atoms with E-state index in [0.717, 1.165) is 103 Å². The molecule has 0 radical (unpaired) electrons. The van der Waals surface area contributed by atoms with Gasteiger partial charge in [-0.25, -0.2) is 0 Å². The summed E-state index contributed by atoms with van der Waals surface area (Å²) in [6, 6.07) is -1.04. The van der Waals surface area contributed by atoms with Crippen molar-refractivity contribution in [3.8, 4) is 0 Å². The maximum atomic E-state index is 13.5. The van der Waals surface area contributed by atoms with Gasteiger partial charge in [0.1, 0.15) is 24.4 Å². The molecule has 1 aliphatic rings. The summed E-state index contributed by atoms with van der Waals surface area (Å²) in [5, 5.41) is 57.3. The van der Waals surface area contributed by atoms with Gasteiger partial charge < -0.3 is 45.1 Å². The zero-order chi connectivity index (χ0) is 64.6. The summed E-state index contributed by atoms with van der Waals surface area (Å²) < 4.78 is 17.7. The summed E-state index contributed by atoms with van der Waals surface area (Å²) >= 11 is 0. The first-order valence-corrected chi connectivity index (χ1v) is 37.0. The number of amides is 1. The number of allylic oxidation sites excluding steroid dienone is 15. The fourth-order valence-electron chi connectivity index (χ4n) is 11.2. The number of unbranched alkanes of at least 4 members (excludes halogenated alkanes) is 35. The minimum absolute atomic E-state index is 0.119. The SMILES string of the molecule is CC/C=C\C/C=C\C/C=C\C/C=C\C/C=C\CCCCCCC(O)C(=O)NC(COC1OC(CO)C(O)C(O)C1OC(=O)CCCCCCCCCCCCCCCCCCC/C=C\C/C=C\CCCCC)C(O)/C=C/CCCCCCCCCCCCC. The Morgan fingerprint density at radius 3 is 1.24 bits per heavy atom. The maximum absolute atomic E-state index is 13.5. The fraction of sp³-hybridized carbons (Fsp3) is 0.769. The molecule has 0 aromatic carbocycles. The minimum atomic E-state index is -1.62. The van der Waals surface area contributed by atoms with Crippen LogP contribution in [0.25, 0.3) is 0 Å². The van der Waals surface area contributed by atoms with E-state index in [2.05, 4.69) is 111 Å². The number of carbonyl (C=O) groups excluding carboxylic acids is 2. The molecule has 1 amide bonds. The van der Waals surface area contributed by atoms with E-state index in [1.807, 2.05) is 6.08 Å². The quantitative estimate of drug-likeness (QED) is 0.0195. The number of hydrogen-bond acceptors (Lipinski definition) is 10. The van der Waals surface area contributed by atoms with Gasteiger partial charge in [-0.05, 0) is 103 Å². The molecular weight excluding hydrogens is 1110 g/mol. The van der Waals surface area contributed by atoms with E-state index in [9.17, 15) is 35.1 Å². The highest BCUT2D eigenvalue weighted by Gasteiger charge is 2.47. The van der Waals surface area contributed by atoms with E-state index in [4.69, 9.17) is 14.2 Å². The third kappa shape index (κ3) is 51.7. The number of carbonyl (C=O) groups is 2. The molecule has 11 nitrogen and oxygen atoms in total. The topological polar surface area (TPSA) is 175 Å². The van der Waals surface area contributed by atoms with Crippen molar-refractivity contribution in [2.45, 2.75) is 372 Å². The smallest absolute Gasteiger partial charge is 0.306 e. The number of nitrogens with one attached hydrogen (secondary N) is 1. The fourth-order valence-corrected chi connectivity index (χ4v) is 11.2. The summed E-state index contributed by atoms with van der Waals surface area (Å²) in [7, 11) is 0. The van der Waals surface area contributed by atoms with Gasteiger partial charge in [0.2, 0.25) is 5.91 Å². The molecule has 1 aliphatic heterocycles. The molecule has 0 aromatic rings. The molecule has 514 valence electrons. The van der Waals surface area contributed by atoms with Crippen molar-refractivity contribution in [1.29, 1.82) is 0 Å². The Morgan fingerprint density at radius 1 is 0.449 bits per heavy atom. The molecule has 1 saturated heterocycles. The highest BCUT2D eigenvalue weighted by atomic mass is 16.7. The summed E-state index contributed by atoms with van der Waals surface area (Å²) in [5.74, 6) is -1.21. The highest BCUT2D eigenvalue weighted by Crippen LogP contribution is 2.26. The van der Waals surface area contributed by atoms with Crippen LogP contribution in [0.3, 0.4) is 0 Å². The Hall–Kier alpha value is -3.42. The average Bonchev–Trinajstić information content (AvgIpc) is 3.14. The van der Waals surface area contributed by atoms with Gasteiger partial charge >= 0.3 is 5.97 Å². The van der Waals surface area contributed by atoms with Crippen LogP contribution >= 0.6 is 0 Å². The van der Waals surface area contributed by atoms with E-state index in [1.165, 1.54) is 173 Å². The van der Waals surface area contributed by atoms with E-state index in [0.29, 0.717) is 12.8 Å². The molecule has 0 saturated carbocycles. The molecule has 8 atom stereocenters. The second-order valence-electron chi connectivity index (χ2n) is 25.3. The average molecular weight is 1250 g/mol. The second kappa shape index (κ2) is 64.7. The van der Waals surface area contributed by atoms with Crippen molar-refractivity contribution in [2.24, 2.45) is 0 Å². The molecule has 89 heavy (non-hydrogen) atoms. The van der Waals surface area contributed by atoms with Gasteiger partial charge in [-0.3, -0.25) is 9.59 Å². The van der Waals surface area contributed by atoms with Gasteiger partial charge in [-0.15, -0.1) is 0 Å². The number of rotatable bonds is 63. The standard InChI is InChI=1S/C78H137NO10/c1-4-7-10-13-16-19-22-25-27-29-31-33-34-35-36-37-38-39-41-43-45-48-51-54-57-60-63-66-73(83)89-76-75(85)74(84)72(67-80)88-78(76)87-68-69(70(81)64-61-58-55-52-49-46-24-21-18-15-12-9-6-3)79-77(86)71(82)65-62-59-56-53-50-47-44-42-40-32-30-28-26-23-20-17-14-11-8-5-2/h8,11,16-17,19-20,25-28,32,40,44,47,61,64,69-72,74-76,78,80-82,84-85H,4-7,9-10,12-15,18,21-24,29-31,33-39,41-43,45-46,48-60,62-63,65-68H2,1-3H3,(H,79,86)/b11-8-,19-16-,20-17-,27-25-,28-26-,40-32-,47-44-,64-61+. The van der Waals surface area contributed by atoms with Crippen molar-refractivity contribution in [3.05, 3.63) is 97.2 Å². The lowest BCUT2D eigenvalue weighted by Gasteiger charge is -2.41. The van der Waals surface area contributed by atoms with Gasteiger partial charge in [0.15, 0.2) is 12.4 Å². The monoisotopic (exact) mass is 1250 g/mol. The molecule has 11 heteroatoms. The molecule has 0 bridgehead atoms. The zero-order valence-corrected chi connectivity index (χ0v) is 57.3. The van der Waals surface area contributed by atoms with E-state index in [1.54, 1.807) is 6.08 Å². The van der Waals surface area contributed by atoms with Crippen molar-refractivity contribution < 1.29 is 49.3 Å². The van der Waals surface area contributed by atoms with Crippen molar-refractivity contribution in [1.82, 2.24) is 5.32 Å². The van der Waals surface area contributed by atoms with Crippen LogP contribution in [0, 0.1) is 0 Å². The van der Waals surface area contributed by atoms with Gasteiger partial charge in [0, 0.05) is 6.42 Å². The number of aliphatic hydroxyl groups is 5. The molecule has 8 unspecified atom stereocenters. The molecule has 0 aromatic heterocycles. The molecule has 0 aliphatic carbocycles. The van der Waals surface area contributed by atoms with Crippen LogP contribution in [0.5, 0.6) is 0 Å². The minimum Gasteiger partial charge on any atom is -0.454 e. The van der Waals surface area contributed by atoms with Gasteiger partial charge in [-0.2, -0.15) is 0 Å². The number of hydrogen-bond donors (Lipinski definition) is 6. The lowest BCUT2D eigenvalue weighted by Crippen LogP contribution is -2.61. The van der Waals surface area contributed by atoms with Gasteiger partial charge in [-0.1, -0.05) is 311 Å². The number of aliphatic hydroxyl groups excluding tert-OH is 5. The molecular formula is C78H137NO10. The van der Waals surface area contributed by atoms with Crippen LogP contribution in [-0.2, 0) is 23.8 Å². The largest absolute Gasteiger partial charge is 0.454 e. The first-order chi connectivity index (χ1) is 43.7. The first kappa shape index (κ1) is 83.6. The lowest BCUT2D eigenvalue weighted by atomic mass is 9.99. The van der Waals surface area contributed by atoms with Crippen LogP contribution in [0.15, 0.2) is 97.2 Å². The molecule has 1 rings (SSSR count). The third-order valence-electron chi connectivity index (χ3n) is 17.0. The lowest BCUT2D eigenvalue weighted by molar-refractivity contribution is -0.305. The summed E-state index contributed by atoms with van der Waals surface area (Å²) in [6.45, 7) is 5.68. The molecule has 1 fully saturated rings. The van der Waals surface area contributed by atoms with E-state index < -0.39 is 67.4 Å². The summed E-state index contributed by atoms with van der Waals surface area (Å²) in [6.07, 6.45) is 77.3. The van der Waals surface area contributed by atoms with Crippen LogP contribution in [0.1, 0.15) is 323 Å². The first-order valence-electron chi connectivity index (χ1n) is 37.0. The summed E-state index contributed by atoms with van der Waals surface area (Å²) in [4.78, 5) is 26.7. The van der Waals surface area contributed by atoms with Crippen LogP contribution in [0.2, 0.25) is 0 Å². The Labute approximate surface area is 546 Å². The van der Waals surface area contributed by atoms with Crippen LogP contribution < -0.4 is 5.32 Å². The van der Waals surface area contributed by atoms with Crippen molar-refractivity contribution in [3.63, 3.8) is 0 Å². The Bertz CT molecular complexity index is 1820. The molecule has 0 spiro atoms. The second-order valence-corrected chi connectivity index (χ2v) is 25.3. The van der Waals surface area contributed by atoms with E-state index >= 15 is 0 Å². The molecule has 6 N–H and O–H groups in total. The van der Waals surface area contributed by atoms with Crippen LogP contribution in [-0.4, -0.2) is 99.6 Å². The summed E-state index contributed by atoms with van der Waals surface area (Å²) in [5.41, 5.74) is 0. The third-order valence-corrected chi connectivity index (χ3v) is 17.0. The Kier molecular flexibility index (Phi) is 60.7. The predicted molar refractivity (Wildman–Crippen MR) is 375 cm³/mol. The molecule has 1 heterocycles. The normalized spacial score (nSPS) is 18.7. The maximum Gasteiger partial charge on any atom is 0.306 e. The van der Waals surface area contributed by atoms with E-state index in [-0.39, 0.29) is 19.4 Å². The van der Waals surface area contributed by atoms with Crippen molar-refractivity contribution in [2.75, 3.05) is 13.2 Å². The Morgan fingerprint density at radius 2 is 0.809 bits per heavy atom. The van der Waals surface area contributed by atoms with Gasteiger partial charge in [0.25, 0.3) is 0 Å². The number of ether oxygens (including phenoxy) is 3. The van der Waals surface area contributed by atoms with Crippen LogP contribution in [0.4, 0.5) is 0 Å². The highest BCUT2D eigenvalue weighted by molar-refractivity contribution is 5.80. The zero-order valence-electron chi connectivity index (χ0n) is 57.3. The van der Waals surface area contributed by atoms with Gasteiger partial charge in [0.05, 0.1) is 25.4 Å².